The predicted molar refractivity (Wildman–Crippen MR) is 103 cm³/mol. The Morgan fingerprint density at radius 1 is 1.29 bits per heavy atom. The highest BCUT2D eigenvalue weighted by Gasteiger charge is 2.42. The molecule has 9 nitrogen and oxygen atoms in total. The van der Waals surface area contributed by atoms with Crippen molar-refractivity contribution in [2.45, 2.75) is 57.3 Å². The second-order valence-electron chi connectivity index (χ2n) is 6.63. The molecule has 172 valence electrons. The fourth-order valence-electron chi connectivity index (χ4n) is 2.82. The van der Waals surface area contributed by atoms with E-state index in [0.717, 1.165) is 16.8 Å². The fourth-order valence-corrected chi connectivity index (χ4v) is 3.56. The number of nitrogens with zero attached hydrogens (tertiary/aromatic N) is 4. The molecule has 1 aromatic rings. The number of ether oxygens (including phenoxy) is 1. The van der Waals surface area contributed by atoms with E-state index in [2.05, 4.69) is 15.1 Å². The van der Waals surface area contributed by atoms with Gasteiger partial charge in [-0.3, -0.25) is 9.59 Å². The summed E-state index contributed by atoms with van der Waals surface area (Å²) in [7, 11) is 0. The third-order valence-electron chi connectivity index (χ3n) is 4.08. The van der Waals surface area contributed by atoms with Gasteiger partial charge in [0.25, 0.3) is 0 Å². The van der Waals surface area contributed by atoms with Crippen molar-refractivity contribution in [3.8, 4) is 0 Å². The second-order valence-corrected chi connectivity index (χ2v) is 7.80. The van der Waals surface area contributed by atoms with Gasteiger partial charge in [-0.1, -0.05) is 16.9 Å². The molecule has 0 unspecified atom stereocenters. The average Bonchev–Trinajstić information content (AvgIpc) is 3.02. The number of esters is 1. The van der Waals surface area contributed by atoms with Crippen molar-refractivity contribution >= 4 is 28.8 Å². The van der Waals surface area contributed by atoms with E-state index >= 15 is 0 Å². The molecular weight excluding hydrogens is 441 g/mol. The first-order valence-corrected chi connectivity index (χ1v) is 10.4. The number of rotatable bonds is 9. The summed E-state index contributed by atoms with van der Waals surface area (Å²) in [6, 6.07) is 0. The Bertz CT molecular complexity index is 841. The lowest BCUT2D eigenvalue weighted by molar-refractivity contribution is -0.237. The molecule has 31 heavy (non-hydrogen) atoms. The highest BCUT2D eigenvalue weighted by molar-refractivity contribution is 8.13. The monoisotopic (exact) mass is 464 g/mol. The van der Waals surface area contributed by atoms with Crippen LogP contribution in [0.4, 0.5) is 13.2 Å². The largest absolute Gasteiger partial charge is 0.492 e. The zero-order valence-electron chi connectivity index (χ0n) is 17.1. The van der Waals surface area contributed by atoms with Crippen molar-refractivity contribution in [2.75, 3.05) is 19.7 Å². The van der Waals surface area contributed by atoms with Crippen LogP contribution in [0.1, 0.15) is 38.8 Å². The van der Waals surface area contributed by atoms with Gasteiger partial charge in [-0.25, -0.2) is 9.48 Å². The van der Waals surface area contributed by atoms with Crippen molar-refractivity contribution in [3.05, 3.63) is 17.3 Å². The molecule has 0 radical (unpaired) electrons. The summed E-state index contributed by atoms with van der Waals surface area (Å²) >= 11 is 0.939. The molecule has 1 aliphatic heterocycles. The molecule has 0 bridgehead atoms. The van der Waals surface area contributed by atoms with E-state index in [-0.39, 0.29) is 37.0 Å². The maximum absolute atomic E-state index is 12.4. The van der Waals surface area contributed by atoms with Crippen molar-refractivity contribution < 1.29 is 37.1 Å². The van der Waals surface area contributed by atoms with Gasteiger partial charge in [0.05, 0.1) is 13.2 Å². The molecular formula is C18H23F3N4O5S. The summed E-state index contributed by atoms with van der Waals surface area (Å²) < 4.78 is 43.7. The number of alkyl halides is 3. The lowest BCUT2D eigenvalue weighted by Crippen LogP contribution is -2.38. The van der Waals surface area contributed by atoms with Crippen molar-refractivity contribution in [2.24, 2.45) is 0 Å². The van der Waals surface area contributed by atoms with Crippen LogP contribution < -0.4 is 0 Å². The molecule has 0 saturated carbocycles. The maximum Gasteiger partial charge on any atom is 0.492 e. The van der Waals surface area contributed by atoms with Crippen LogP contribution in [0.5, 0.6) is 0 Å². The first kappa shape index (κ1) is 24.9. The Hall–Kier alpha value is -2.41. The zero-order valence-corrected chi connectivity index (χ0v) is 17.9. The van der Waals surface area contributed by atoms with Crippen molar-refractivity contribution in [1.29, 1.82) is 0 Å². The standard InChI is InChI=1S/C18H23F3N4O5S/c1-3-29-15(27)7-5-9-25-16(31-12(2)26)14(22-23-25)10-13-6-4-8-24(11-13)30-17(28)18(19,20)21/h6H,3-5,7-11H2,1-2H3. The highest BCUT2D eigenvalue weighted by Crippen LogP contribution is 2.26. The van der Waals surface area contributed by atoms with Gasteiger partial charge >= 0.3 is 18.1 Å². The van der Waals surface area contributed by atoms with Gasteiger partial charge in [-0.05, 0) is 31.5 Å². The molecule has 0 amide bonds. The summed E-state index contributed by atoms with van der Waals surface area (Å²) in [6.07, 6.45) is -1.98. The average molecular weight is 464 g/mol. The molecule has 0 aliphatic carbocycles. The summed E-state index contributed by atoms with van der Waals surface area (Å²) in [5, 5.41) is 9.41. The van der Waals surface area contributed by atoms with Gasteiger partial charge < -0.3 is 9.57 Å². The first-order valence-electron chi connectivity index (χ1n) is 9.58. The van der Waals surface area contributed by atoms with Crippen LogP contribution in [0.3, 0.4) is 0 Å². The Morgan fingerprint density at radius 2 is 2.03 bits per heavy atom. The van der Waals surface area contributed by atoms with Crippen LogP contribution in [0.15, 0.2) is 16.7 Å². The Balaban J connectivity index is 2.03. The molecule has 0 aromatic carbocycles. The van der Waals surface area contributed by atoms with Crippen molar-refractivity contribution in [3.63, 3.8) is 0 Å². The lowest BCUT2D eigenvalue weighted by Gasteiger charge is -2.25. The SMILES string of the molecule is CCOC(=O)CCCn1nnc(CC2=CCCN(OC(=O)C(F)(F)F)C2)c1SC(C)=O. The molecule has 0 saturated heterocycles. The number of halogens is 3. The van der Waals surface area contributed by atoms with E-state index in [1.165, 1.54) is 11.6 Å². The van der Waals surface area contributed by atoms with Crippen LogP contribution in [-0.4, -0.2) is 63.0 Å². The number of carbonyl (C=O) groups is 3. The highest BCUT2D eigenvalue weighted by atomic mass is 32.2. The van der Waals surface area contributed by atoms with E-state index in [4.69, 9.17) is 4.74 Å². The number of aryl methyl sites for hydroxylation is 1. The van der Waals surface area contributed by atoms with Gasteiger partial charge in [0.2, 0.25) is 0 Å². The van der Waals surface area contributed by atoms with E-state index in [1.54, 1.807) is 6.92 Å². The lowest BCUT2D eigenvalue weighted by atomic mass is 10.1. The van der Waals surface area contributed by atoms with Crippen LogP contribution in [-0.2, 0) is 36.9 Å². The van der Waals surface area contributed by atoms with E-state index in [9.17, 15) is 27.6 Å². The summed E-state index contributed by atoms with van der Waals surface area (Å²) in [5.41, 5.74) is 1.16. The van der Waals surface area contributed by atoms with Gasteiger partial charge in [0, 0.05) is 32.9 Å². The molecule has 1 aromatic heterocycles. The molecule has 2 rings (SSSR count). The molecule has 0 fully saturated rings. The van der Waals surface area contributed by atoms with E-state index < -0.39 is 12.1 Å². The number of hydrogen-bond acceptors (Lipinski definition) is 9. The quantitative estimate of drug-likeness (QED) is 0.310. The summed E-state index contributed by atoms with van der Waals surface area (Å²) in [4.78, 5) is 38.6. The Morgan fingerprint density at radius 3 is 2.68 bits per heavy atom. The molecule has 13 heteroatoms. The zero-order chi connectivity index (χ0) is 23.0. The Labute approximate surface area is 180 Å². The molecule has 2 heterocycles. The molecule has 0 N–H and O–H groups in total. The third-order valence-corrected chi connectivity index (χ3v) is 5.01. The van der Waals surface area contributed by atoms with Gasteiger partial charge in [0.15, 0.2) is 5.12 Å². The summed E-state index contributed by atoms with van der Waals surface area (Å²) in [5.74, 6) is -2.60. The molecule has 1 aliphatic rings. The molecule has 0 spiro atoms. The number of carbonyl (C=O) groups excluding carboxylic acids is 3. The topological polar surface area (TPSA) is 104 Å². The van der Waals surface area contributed by atoms with E-state index in [1.807, 2.05) is 6.08 Å². The first-order chi connectivity index (χ1) is 14.6. The number of hydroxylamine groups is 2. The minimum Gasteiger partial charge on any atom is -0.466 e. The minimum atomic E-state index is -5.07. The van der Waals surface area contributed by atoms with Crippen LogP contribution in [0.2, 0.25) is 0 Å². The van der Waals surface area contributed by atoms with Crippen LogP contribution in [0.25, 0.3) is 0 Å². The van der Waals surface area contributed by atoms with Gasteiger partial charge in [0.1, 0.15) is 10.7 Å². The second kappa shape index (κ2) is 11.3. The minimum absolute atomic E-state index is 0.0122. The normalized spacial score (nSPS) is 14.8. The smallest absolute Gasteiger partial charge is 0.466 e. The Kier molecular flexibility index (Phi) is 9.04. The van der Waals surface area contributed by atoms with Crippen molar-refractivity contribution in [1.82, 2.24) is 20.1 Å². The maximum atomic E-state index is 12.4. The summed E-state index contributed by atoms with van der Waals surface area (Å²) in [6.45, 7) is 3.87. The molecule has 0 atom stereocenters. The number of aromatic nitrogens is 3. The third kappa shape index (κ3) is 7.98. The van der Waals surface area contributed by atoms with Gasteiger partial charge in [-0.15, -0.1) is 10.2 Å². The van der Waals surface area contributed by atoms with Gasteiger partial charge in [-0.2, -0.15) is 13.2 Å². The van der Waals surface area contributed by atoms with Crippen LogP contribution >= 0.6 is 11.8 Å². The predicted octanol–water partition coefficient (Wildman–Crippen LogP) is 2.46. The number of hydrogen-bond donors (Lipinski definition) is 0. The number of thioether (sulfide) groups is 1. The fraction of sp³-hybridized carbons (Fsp3) is 0.611. The van der Waals surface area contributed by atoms with E-state index in [0.29, 0.717) is 42.3 Å². The van der Waals surface area contributed by atoms with Crippen LogP contribution in [0, 0.1) is 0 Å².